The molecule has 102 heavy (non-hydrogen) atoms. The molecule has 0 aromatic rings. The molecule has 2 unspecified atom stereocenters. The number of hydrogen-bond acceptors (Lipinski definition) is 15. The van der Waals surface area contributed by atoms with Crippen molar-refractivity contribution in [2.45, 2.75) is 418 Å². The number of carbonyl (C=O) groups excluding carboxylic acids is 4. The highest BCUT2D eigenvalue weighted by Crippen LogP contribution is 2.45. The Kier molecular flexibility index (Phi) is 74.0. The van der Waals surface area contributed by atoms with E-state index in [1.807, 2.05) is 12.2 Å². The van der Waals surface area contributed by atoms with Crippen LogP contribution in [0.3, 0.4) is 0 Å². The Hall–Kier alpha value is -2.98. The Morgan fingerprint density at radius 2 is 0.490 bits per heavy atom. The van der Waals surface area contributed by atoms with Crippen molar-refractivity contribution in [2.24, 2.45) is 0 Å². The van der Waals surface area contributed by atoms with Gasteiger partial charge in [0.25, 0.3) is 0 Å². The van der Waals surface area contributed by atoms with Gasteiger partial charge >= 0.3 is 39.5 Å². The van der Waals surface area contributed by atoms with Crippen molar-refractivity contribution in [3.63, 3.8) is 0 Å². The fourth-order valence-electron chi connectivity index (χ4n) is 11.9. The second-order valence-corrected chi connectivity index (χ2v) is 31.4. The van der Waals surface area contributed by atoms with Gasteiger partial charge in [-0.2, -0.15) is 0 Å². The average Bonchev–Trinajstić information content (AvgIpc) is 0.959. The summed E-state index contributed by atoms with van der Waals surface area (Å²) >= 11 is 0. The van der Waals surface area contributed by atoms with Crippen LogP contribution in [0.5, 0.6) is 0 Å². The van der Waals surface area contributed by atoms with E-state index in [1.54, 1.807) is 0 Å². The van der Waals surface area contributed by atoms with E-state index >= 15 is 0 Å². The molecule has 0 saturated carbocycles. The molecule has 0 fully saturated rings. The molecule has 0 aliphatic rings. The van der Waals surface area contributed by atoms with Crippen molar-refractivity contribution < 1.29 is 80.2 Å². The van der Waals surface area contributed by atoms with E-state index in [2.05, 4.69) is 64.2 Å². The lowest BCUT2D eigenvalue weighted by atomic mass is 10.0. The maximum absolute atomic E-state index is 13.1. The molecule has 0 spiro atoms. The lowest BCUT2D eigenvalue weighted by Gasteiger charge is -2.21. The Morgan fingerprint density at radius 1 is 0.275 bits per heavy atom. The third-order valence-corrected chi connectivity index (χ3v) is 20.2. The van der Waals surface area contributed by atoms with Crippen LogP contribution in [0.2, 0.25) is 0 Å². The highest BCUT2D eigenvalue weighted by Gasteiger charge is 2.30. The second-order valence-electron chi connectivity index (χ2n) is 28.4. The first-order valence-corrected chi connectivity index (χ1v) is 44.9. The van der Waals surface area contributed by atoms with Crippen LogP contribution in [0.15, 0.2) is 48.6 Å². The summed E-state index contributed by atoms with van der Waals surface area (Å²) in [4.78, 5) is 73.1. The molecule has 0 radical (unpaired) electrons. The standard InChI is InChI=1S/C83H154O17P2/c1-5-9-13-17-21-25-29-33-36-38-41-45-48-52-56-60-64-68-81(86)94-74-79(100-83(88)70-66-62-58-54-50-46-42-39-37-34-30-26-22-18-14-10-6-2)76-98-102(91,92)96-72-77(84)71-95-101(89,90)97-75-78(99-82(87)69-65-61-57-53-49-43-32-28-24-20-16-12-8-4)73-93-80(85)67-63-59-55-51-47-44-40-35-31-27-23-19-15-11-7-3/h21,25,33,36,41,45,52,56,77-79,84H,5-20,22-24,26-32,34-35,37-40,42-44,46-51,53-55,57-76H2,1-4H3,(H,89,90)(H,91,92)/b25-21-,36-33-,45-41-,56-52-/t77-,78-,79-/m1/s1. The summed E-state index contributed by atoms with van der Waals surface area (Å²) in [6, 6.07) is 0. The first kappa shape index (κ1) is 99.0. The van der Waals surface area contributed by atoms with Crippen molar-refractivity contribution in [2.75, 3.05) is 39.6 Å². The number of phosphoric ester groups is 2. The predicted molar refractivity (Wildman–Crippen MR) is 418 cm³/mol. The zero-order valence-corrected chi connectivity index (χ0v) is 67.3. The number of rotatable bonds is 80. The van der Waals surface area contributed by atoms with Crippen molar-refractivity contribution >= 4 is 39.5 Å². The van der Waals surface area contributed by atoms with Gasteiger partial charge in [0.1, 0.15) is 19.3 Å². The maximum atomic E-state index is 13.1. The van der Waals surface area contributed by atoms with Crippen LogP contribution in [-0.2, 0) is 65.4 Å². The molecule has 5 atom stereocenters. The number of ether oxygens (including phenoxy) is 4. The van der Waals surface area contributed by atoms with Gasteiger partial charge in [-0.3, -0.25) is 37.3 Å². The third-order valence-electron chi connectivity index (χ3n) is 18.3. The van der Waals surface area contributed by atoms with Gasteiger partial charge in [0, 0.05) is 25.7 Å². The largest absolute Gasteiger partial charge is 0.472 e. The van der Waals surface area contributed by atoms with E-state index < -0.39 is 97.5 Å². The van der Waals surface area contributed by atoms with E-state index in [-0.39, 0.29) is 25.7 Å². The molecule has 0 aromatic heterocycles. The normalized spacial score (nSPS) is 14.1. The molecular weight excluding hydrogens is 1330 g/mol. The summed E-state index contributed by atoms with van der Waals surface area (Å²) < 4.78 is 68.7. The highest BCUT2D eigenvalue weighted by molar-refractivity contribution is 7.47. The molecule has 0 aliphatic heterocycles. The van der Waals surface area contributed by atoms with Gasteiger partial charge < -0.3 is 33.8 Å². The SMILES string of the molecule is CCCCC/C=C\C/C=C\C/C=C\C/C=C\CCCC(=O)OC[C@H](COP(=O)(O)OC[C@H](O)COP(=O)(O)OC[C@@H](COC(=O)CCCCCCCCCCCCCCCCC)OC(=O)CCCCCCCCCCCCCCC)OC(=O)CCCCCCCCCCCCCCCCCCC. The first-order chi connectivity index (χ1) is 49.7. The molecule has 0 bridgehead atoms. The molecule has 0 amide bonds. The van der Waals surface area contributed by atoms with Gasteiger partial charge in [0.2, 0.25) is 0 Å². The lowest BCUT2D eigenvalue weighted by molar-refractivity contribution is -0.161. The van der Waals surface area contributed by atoms with Crippen LogP contribution < -0.4 is 0 Å². The van der Waals surface area contributed by atoms with Crippen LogP contribution in [0.1, 0.15) is 400 Å². The lowest BCUT2D eigenvalue weighted by Crippen LogP contribution is -2.30. The van der Waals surface area contributed by atoms with E-state index in [4.69, 9.17) is 37.0 Å². The predicted octanol–water partition coefficient (Wildman–Crippen LogP) is 24.5. The smallest absolute Gasteiger partial charge is 0.462 e. The summed E-state index contributed by atoms with van der Waals surface area (Å²) in [6.45, 7) is 4.90. The Bertz CT molecular complexity index is 2120. The molecule has 19 heteroatoms. The molecule has 0 aromatic carbocycles. The van der Waals surface area contributed by atoms with Crippen LogP contribution in [0, 0.1) is 0 Å². The minimum absolute atomic E-state index is 0.0917. The summed E-state index contributed by atoms with van der Waals surface area (Å²) in [6.07, 6.45) is 75.1. The van der Waals surface area contributed by atoms with E-state index in [9.17, 15) is 43.2 Å². The number of allylic oxidation sites excluding steroid dienone is 8. The zero-order valence-electron chi connectivity index (χ0n) is 65.6. The molecule has 0 rings (SSSR count). The average molecular weight is 1490 g/mol. The topological polar surface area (TPSA) is 237 Å². The van der Waals surface area contributed by atoms with E-state index in [0.717, 1.165) is 96.3 Å². The fourth-order valence-corrected chi connectivity index (χ4v) is 13.5. The Morgan fingerprint density at radius 3 is 0.775 bits per heavy atom. The molecule has 0 heterocycles. The number of carbonyl (C=O) groups is 4. The molecule has 0 aliphatic carbocycles. The quantitative estimate of drug-likeness (QED) is 0.0169. The number of esters is 4. The molecule has 0 saturated heterocycles. The van der Waals surface area contributed by atoms with Crippen LogP contribution >= 0.6 is 15.6 Å². The zero-order chi connectivity index (χ0) is 74.6. The summed E-state index contributed by atoms with van der Waals surface area (Å²) in [5.41, 5.74) is 0. The van der Waals surface area contributed by atoms with E-state index in [1.165, 1.54) is 218 Å². The van der Waals surface area contributed by atoms with Crippen molar-refractivity contribution in [3.05, 3.63) is 48.6 Å². The van der Waals surface area contributed by atoms with Crippen molar-refractivity contribution in [1.82, 2.24) is 0 Å². The number of hydrogen-bond donors (Lipinski definition) is 3. The van der Waals surface area contributed by atoms with Gasteiger partial charge in [0.15, 0.2) is 12.2 Å². The molecule has 3 N–H and O–H groups in total. The molecule has 17 nitrogen and oxygen atoms in total. The third kappa shape index (κ3) is 75.3. The van der Waals surface area contributed by atoms with Crippen LogP contribution in [0.4, 0.5) is 0 Å². The highest BCUT2D eigenvalue weighted by atomic mass is 31.2. The van der Waals surface area contributed by atoms with E-state index in [0.29, 0.717) is 32.1 Å². The summed E-state index contributed by atoms with van der Waals surface area (Å²) in [5, 5.41) is 10.6. The molecular formula is C83H154O17P2. The van der Waals surface area contributed by atoms with Crippen molar-refractivity contribution in [1.29, 1.82) is 0 Å². The monoisotopic (exact) mass is 1490 g/mol. The second kappa shape index (κ2) is 76.2. The van der Waals surface area contributed by atoms with Gasteiger partial charge in [-0.1, -0.05) is 359 Å². The fraction of sp³-hybridized carbons (Fsp3) is 0.855. The number of phosphoric acid groups is 2. The number of unbranched alkanes of at least 4 members (excludes halogenated alkanes) is 46. The number of aliphatic hydroxyl groups is 1. The summed E-state index contributed by atoms with van der Waals surface area (Å²) in [7, 11) is -9.95. The van der Waals surface area contributed by atoms with Gasteiger partial charge in [-0.05, 0) is 64.2 Å². The Labute approximate surface area is 623 Å². The maximum Gasteiger partial charge on any atom is 0.472 e. The van der Waals surface area contributed by atoms with Gasteiger partial charge in [-0.25, -0.2) is 9.13 Å². The summed E-state index contributed by atoms with van der Waals surface area (Å²) in [5.74, 6) is -2.19. The van der Waals surface area contributed by atoms with Crippen LogP contribution in [-0.4, -0.2) is 96.7 Å². The number of aliphatic hydroxyl groups excluding tert-OH is 1. The van der Waals surface area contributed by atoms with Gasteiger partial charge in [-0.15, -0.1) is 0 Å². The van der Waals surface area contributed by atoms with Gasteiger partial charge in [0.05, 0.1) is 26.4 Å². The first-order valence-electron chi connectivity index (χ1n) is 41.9. The van der Waals surface area contributed by atoms with Crippen molar-refractivity contribution in [3.8, 4) is 0 Å². The Balaban J connectivity index is 5.34. The van der Waals surface area contributed by atoms with Crippen LogP contribution in [0.25, 0.3) is 0 Å². The minimum atomic E-state index is -4.98. The molecule has 598 valence electrons. The minimum Gasteiger partial charge on any atom is -0.462 e.